The molecule has 4 aromatic rings. The maximum Gasteiger partial charge on any atom is 0.335 e. The number of aromatic nitrogens is 2. The van der Waals surface area contributed by atoms with Crippen molar-refractivity contribution in [3.8, 4) is 11.3 Å². The van der Waals surface area contributed by atoms with Gasteiger partial charge in [0, 0.05) is 22.9 Å². The third-order valence-corrected chi connectivity index (χ3v) is 6.40. The number of hydrogen-bond donors (Lipinski definition) is 2. The highest BCUT2D eigenvalue weighted by Gasteiger charge is 2.12. The number of carboxylic acid groups (broad SMARTS) is 1. The van der Waals surface area contributed by atoms with E-state index in [0.29, 0.717) is 5.56 Å². The Labute approximate surface area is 185 Å². The van der Waals surface area contributed by atoms with Gasteiger partial charge in [-0.3, -0.25) is 0 Å². The summed E-state index contributed by atoms with van der Waals surface area (Å²) < 4.78 is 1.36. The van der Waals surface area contributed by atoms with Crippen molar-refractivity contribution in [2.45, 2.75) is 33.1 Å². The van der Waals surface area contributed by atoms with Crippen LogP contribution >= 0.6 is 11.3 Å². The largest absolute Gasteiger partial charge is 0.478 e. The summed E-state index contributed by atoms with van der Waals surface area (Å²) in [6.07, 6.45) is 4.06. The van der Waals surface area contributed by atoms with E-state index in [-0.39, 0.29) is 0 Å². The van der Waals surface area contributed by atoms with Gasteiger partial charge in [0.1, 0.15) is 12.1 Å². The molecule has 2 heterocycles. The number of hydrogen-bond acceptors (Lipinski definition) is 5. The van der Waals surface area contributed by atoms with Crippen molar-refractivity contribution in [1.29, 1.82) is 0 Å². The molecule has 0 radical (unpaired) electrons. The molecule has 0 saturated heterocycles. The Kier molecular flexibility index (Phi) is 6.28. The number of carboxylic acids is 1. The van der Waals surface area contributed by atoms with Crippen LogP contribution < -0.4 is 5.32 Å². The zero-order valence-corrected chi connectivity index (χ0v) is 18.5. The number of aryl methyl sites for hydroxylation is 2. The summed E-state index contributed by atoms with van der Waals surface area (Å²) in [5.41, 5.74) is 5.49. The number of rotatable bonds is 8. The zero-order chi connectivity index (χ0) is 21.8. The van der Waals surface area contributed by atoms with Gasteiger partial charge in [0.25, 0.3) is 0 Å². The van der Waals surface area contributed by atoms with Gasteiger partial charge in [-0.15, -0.1) is 11.3 Å². The summed E-state index contributed by atoms with van der Waals surface area (Å²) in [6, 6.07) is 14.0. The number of nitrogens with one attached hydrogen (secondary N) is 1. The maximum absolute atomic E-state index is 11.5. The Morgan fingerprint density at radius 1 is 1.10 bits per heavy atom. The second-order valence-electron chi connectivity index (χ2n) is 7.64. The van der Waals surface area contributed by atoms with E-state index < -0.39 is 5.97 Å². The first-order valence-corrected chi connectivity index (χ1v) is 11.3. The van der Waals surface area contributed by atoms with Gasteiger partial charge in [-0.2, -0.15) is 0 Å². The summed E-state index contributed by atoms with van der Waals surface area (Å²) in [4.78, 5) is 20.2. The van der Waals surface area contributed by atoms with Crippen molar-refractivity contribution in [3.63, 3.8) is 0 Å². The monoisotopic (exact) mass is 431 g/mol. The third kappa shape index (κ3) is 4.75. The molecule has 0 bridgehead atoms. The van der Waals surface area contributed by atoms with Gasteiger partial charge < -0.3 is 10.4 Å². The molecule has 0 saturated carbocycles. The summed E-state index contributed by atoms with van der Waals surface area (Å²) in [5, 5.41) is 16.2. The van der Waals surface area contributed by atoms with Gasteiger partial charge in [0.2, 0.25) is 0 Å². The highest BCUT2D eigenvalue weighted by atomic mass is 32.1. The summed E-state index contributed by atoms with van der Waals surface area (Å²) in [6.45, 7) is 4.97. The second kappa shape index (κ2) is 9.27. The lowest BCUT2D eigenvalue weighted by Gasteiger charge is -2.10. The van der Waals surface area contributed by atoms with Crippen molar-refractivity contribution < 1.29 is 9.90 Å². The standard InChI is InChI=1S/C25H25N3O2S/c1-3-4-18-13-19(5-6-21(18)25(29)30)22-14-23(28-15-27-22)26-9-7-17-11-16(2)24-20(12-17)8-10-31-24/h5-6,8,10-15H,3-4,7,9H2,1-2H3,(H,29,30)(H,26,27,28). The third-order valence-electron chi connectivity index (χ3n) is 5.33. The fraction of sp³-hybridized carbons (Fsp3) is 0.240. The van der Waals surface area contributed by atoms with Gasteiger partial charge in [0.05, 0.1) is 11.3 Å². The number of anilines is 1. The number of thiophene rings is 1. The molecule has 0 unspecified atom stereocenters. The molecule has 0 aliphatic carbocycles. The highest BCUT2D eigenvalue weighted by Crippen LogP contribution is 2.26. The second-order valence-corrected chi connectivity index (χ2v) is 8.56. The van der Waals surface area contributed by atoms with Crippen molar-refractivity contribution in [2.75, 3.05) is 11.9 Å². The lowest BCUT2D eigenvalue weighted by atomic mass is 9.98. The molecule has 0 amide bonds. The first kappa shape index (κ1) is 21.0. The van der Waals surface area contributed by atoms with Gasteiger partial charge in [-0.25, -0.2) is 14.8 Å². The lowest BCUT2D eigenvalue weighted by Crippen LogP contribution is -2.07. The number of benzene rings is 2. The number of nitrogens with zero attached hydrogens (tertiary/aromatic N) is 2. The van der Waals surface area contributed by atoms with E-state index in [1.807, 2.05) is 25.1 Å². The van der Waals surface area contributed by atoms with Gasteiger partial charge in [-0.05, 0) is 65.4 Å². The molecular formula is C25H25N3O2S. The summed E-state index contributed by atoms with van der Waals surface area (Å²) in [7, 11) is 0. The maximum atomic E-state index is 11.5. The minimum Gasteiger partial charge on any atom is -0.478 e. The minimum absolute atomic E-state index is 0.357. The van der Waals surface area contributed by atoms with Crippen LogP contribution in [0.4, 0.5) is 5.82 Å². The lowest BCUT2D eigenvalue weighted by molar-refractivity contribution is 0.0695. The van der Waals surface area contributed by atoms with E-state index in [2.05, 4.69) is 45.8 Å². The Bertz CT molecular complexity index is 1230. The van der Waals surface area contributed by atoms with Crippen LogP contribution in [0, 0.1) is 6.92 Å². The predicted molar refractivity (Wildman–Crippen MR) is 127 cm³/mol. The molecule has 2 aromatic heterocycles. The Hall–Kier alpha value is -3.25. The molecule has 0 atom stereocenters. The zero-order valence-electron chi connectivity index (χ0n) is 17.7. The molecule has 2 N–H and O–H groups in total. The van der Waals surface area contributed by atoms with Crippen molar-refractivity contribution in [1.82, 2.24) is 9.97 Å². The molecule has 158 valence electrons. The molecular weight excluding hydrogens is 406 g/mol. The molecule has 2 aromatic carbocycles. The van der Waals surface area contributed by atoms with Crippen molar-refractivity contribution in [3.05, 3.63) is 76.4 Å². The van der Waals surface area contributed by atoms with Crippen molar-refractivity contribution >= 4 is 33.2 Å². The summed E-state index contributed by atoms with van der Waals surface area (Å²) >= 11 is 1.78. The first-order valence-electron chi connectivity index (χ1n) is 10.4. The number of fused-ring (bicyclic) bond motifs is 1. The predicted octanol–water partition coefficient (Wildman–Crippen LogP) is 5.97. The van der Waals surface area contributed by atoms with E-state index in [4.69, 9.17) is 0 Å². The van der Waals surface area contributed by atoms with Gasteiger partial charge >= 0.3 is 5.97 Å². The smallest absolute Gasteiger partial charge is 0.335 e. The van der Waals surface area contributed by atoms with Gasteiger partial charge in [-0.1, -0.05) is 31.5 Å². The molecule has 31 heavy (non-hydrogen) atoms. The van der Waals surface area contributed by atoms with E-state index >= 15 is 0 Å². The molecule has 0 aliphatic heterocycles. The quantitative estimate of drug-likeness (QED) is 0.359. The molecule has 6 heteroatoms. The SMILES string of the molecule is CCCc1cc(-c2cc(NCCc3cc(C)c4sccc4c3)ncn2)ccc1C(=O)O. The van der Waals surface area contributed by atoms with E-state index in [9.17, 15) is 9.90 Å². The van der Waals surface area contributed by atoms with Crippen LogP contribution in [0.25, 0.3) is 21.3 Å². The van der Waals surface area contributed by atoms with Crippen LogP contribution in [0.1, 0.15) is 40.4 Å². The van der Waals surface area contributed by atoms with Crippen LogP contribution in [0.3, 0.4) is 0 Å². The van der Waals surface area contributed by atoms with E-state index in [0.717, 1.165) is 48.4 Å². The number of aromatic carboxylic acids is 1. The van der Waals surface area contributed by atoms with E-state index in [1.165, 1.54) is 21.2 Å². The Morgan fingerprint density at radius 3 is 2.77 bits per heavy atom. The average molecular weight is 432 g/mol. The molecule has 0 aliphatic rings. The minimum atomic E-state index is -0.893. The number of carbonyl (C=O) groups is 1. The molecule has 0 spiro atoms. The fourth-order valence-electron chi connectivity index (χ4n) is 3.87. The molecule has 5 nitrogen and oxygen atoms in total. The van der Waals surface area contributed by atoms with Gasteiger partial charge in [0.15, 0.2) is 0 Å². The highest BCUT2D eigenvalue weighted by molar-refractivity contribution is 7.17. The first-order chi connectivity index (χ1) is 15.0. The van der Waals surface area contributed by atoms with Crippen LogP contribution in [0.5, 0.6) is 0 Å². The molecule has 0 fully saturated rings. The normalized spacial score (nSPS) is 11.0. The fourth-order valence-corrected chi connectivity index (χ4v) is 4.73. The average Bonchev–Trinajstić information content (AvgIpc) is 3.23. The summed E-state index contributed by atoms with van der Waals surface area (Å²) in [5.74, 6) is -0.131. The Morgan fingerprint density at radius 2 is 1.97 bits per heavy atom. The van der Waals surface area contributed by atoms with Crippen LogP contribution in [0.15, 0.2) is 54.2 Å². The molecule has 4 rings (SSSR count). The van der Waals surface area contributed by atoms with E-state index in [1.54, 1.807) is 23.7 Å². The topological polar surface area (TPSA) is 75.1 Å². The Balaban J connectivity index is 1.48. The van der Waals surface area contributed by atoms with Crippen LogP contribution in [-0.4, -0.2) is 27.6 Å². The van der Waals surface area contributed by atoms with Crippen LogP contribution in [-0.2, 0) is 12.8 Å². The van der Waals surface area contributed by atoms with Crippen LogP contribution in [0.2, 0.25) is 0 Å². The van der Waals surface area contributed by atoms with Crippen molar-refractivity contribution in [2.24, 2.45) is 0 Å².